The lowest BCUT2D eigenvalue weighted by molar-refractivity contribution is 0.0892. The largest absolute Gasteiger partial charge is 0.303 e. The summed E-state index contributed by atoms with van der Waals surface area (Å²) in [6.07, 6.45) is 0.667. The van der Waals surface area contributed by atoms with E-state index in [9.17, 15) is 12.8 Å². The number of nitrogens with one attached hydrogen (secondary N) is 1. The second-order valence-electron chi connectivity index (χ2n) is 6.91. The molecule has 0 amide bonds. The van der Waals surface area contributed by atoms with Crippen LogP contribution in [0.4, 0.5) is 4.39 Å². The Bertz CT molecular complexity index is 845. The third kappa shape index (κ3) is 5.13. The fourth-order valence-corrected chi connectivity index (χ4v) is 4.60. The van der Waals surface area contributed by atoms with E-state index in [1.165, 1.54) is 23.8 Å². The average Bonchev–Trinajstić information content (AvgIpc) is 2.67. The molecule has 0 saturated carbocycles. The van der Waals surface area contributed by atoms with Crippen LogP contribution in [0, 0.1) is 5.82 Å². The standard InChI is InChI=1S/C20H26FN3O2S/c1-23-14-15-24(19(16-23)17-8-3-2-4-9-17)13-7-12-22-27(25,26)20-11-6-5-10-18(20)21/h2-6,8-11,19,22H,7,12-16H2,1H3/t19-/m1/s1. The summed E-state index contributed by atoms with van der Waals surface area (Å²) >= 11 is 0. The van der Waals surface area contributed by atoms with Gasteiger partial charge in [0.1, 0.15) is 10.7 Å². The Balaban J connectivity index is 1.57. The first-order chi connectivity index (χ1) is 13.0. The van der Waals surface area contributed by atoms with Crippen molar-refractivity contribution in [2.45, 2.75) is 17.4 Å². The van der Waals surface area contributed by atoms with Crippen LogP contribution in [0.2, 0.25) is 0 Å². The molecule has 7 heteroatoms. The molecule has 0 spiro atoms. The normalized spacial score (nSPS) is 19.3. The van der Waals surface area contributed by atoms with Crippen LogP contribution in [0.15, 0.2) is 59.5 Å². The van der Waals surface area contributed by atoms with E-state index in [0.717, 1.165) is 32.2 Å². The van der Waals surface area contributed by atoms with Gasteiger partial charge in [-0.05, 0) is 31.2 Å². The van der Waals surface area contributed by atoms with Gasteiger partial charge >= 0.3 is 0 Å². The molecule has 1 aliphatic rings. The van der Waals surface area contributed by atoms with Crippen molar-refractivity contribution in [3.05, 3.63) is 66.0 Å². The van der Waals surface area contributed by atoms with Gasteiger partial charge in [0.25, 0.3) is 0 Å². The Morgan fingerprint density at radius 1 is 1.07 bits per heavy atom. The molecule has 0 unspecified atom stereocenters. The minimum Gasteiger partial charge on any atom is -0.303 e. The minimum atomic E-state index is -3.82. The Labute approximate surface area is 160 Å². The molecular formula is C20H26FN3O2S. The van der Waals surface area contributed by atoms with E-state index in [2.05, 4.69) is 33.7 Å². The molecule has 2 aromatic rings. The maximum absolute atomic E-state index is 13.7. The van der Waals surface area contributed by atoms with E-state index in [1.807, 2.05) is 18.2 Å². The van der Waals surface area contributed by atoms with E-state index in [4.69, 9.17) is 0 Å². The minimum absolute atomic E-state index is 0.282. The second-order valence-corrected chi connectivity index (χ2v) is 8.64. The molecular weight excluding hydrogens is 365 g/mol. The smallest absolute Gasteiger partial charge is 0.243 e. The lowest BCUT2D eigenvalue weighted by atomic mass is 10.0. The molecule has 1 aliphatic heterocycles. The molecule has 0 radical (unpaired) electrons. The number of sulfonamides is 1. The average molecular weight is 392 g/mol. The first kappa shape index (κ1) is 19.9. The first-order valence-electron chi connectivity index (χ1n) is 9.19. The summed E-state index contributed by atoms with van der Waals surface area (Å²) in [4.78, 5) is 4.41. The van der Waals surface area contributed by atoms with Crippen molar-refractivity contribution in [1.29, 1.82) is 0 Å². The number of rotatable bonds is 7. The van der Waals surface area contributed by atoms with Crippen molar-refractivity contribution in [2.24, 2.45) is 0 Å². The second kappa shape index (κ2) is 8.93. The molecule has 5 nitrogen and oxygen atoms in total. The molecule has 1 atom stereocenters. The number of halogens is 1. The van der Waals surface area contributed by atoms with Crippen LogP contribution in [0.5, 0.6) is 0 Å². The molecule has 0 aliphatic carbocycles. The van der Waals surface area contributed by atoms with Crippen molar-refractivity contribution >= 4 is 10.0 Å². The Hall–Kier alpha value is -1.80. The van der Waals surface area contributed by atoms with Crippen LogP contribution in [0.1, 0.15) is 18.0 Å². The zero-order valence-corrected chi connectivity index (χ0v) is 16.3. The highest BCUT2D eigenvalue weighted by molar-refractivity contribution is 7.89. The van der Waals surface area contributed by atoms with Crippen LogP contribution in [0.3, 0.4) is 0 Å². The SMILES string of the molecule is CN1CCN(CCCNS(=O)(=O)c2ccccc2F)[C@@H](c2ccccc2)C1. The van der Waals surface area contributed by atoms with Gasteiger partial charge in [-0.1, -0.05) is 42.5 Å². The van der Waals surface area contributed by atoms with Gasteiger partial charge in [0.05, 0.1) is 0 Å². The number of hydrogen-bond acceptors (Lipinski definition) is 4. The van der Waals surface area contributed by atoms with Gasteiger partial charge in [0.2, 0.25) is 10.0 Å². The molecule has 1 heterocycles. The van der Waals surface area contributed by atoms with Crippen LogP contribution in [-0.2, 0) is 10.0 Å². The predicted octanol–water partition coefficient (Wildman–Crippen LogP) is 2.48. The van der Waals surface area contributed by atoms with Gasteiger partial charge in [-0.2, -0.15) is 0 Å². The molecule has 1 N–H and O–H groups in total. The maximum Gasteiger partial charge on any atom is 0.243 e. The highest BCUT2D eigenvalue weighted by atomic mass is 32.2. The summed E-state index contributed by atoms with van der Waals surface area (Å²) < 4.78 is 40.8. The quantitative estimate of drug-likeness (QED) is 0.737. The van der Waals surface area contributed by atoms with Gasteiger partial charge < -0.3 is 4.90 Å². The van der Waals surface area contributed by atoms with E-state index >= 15 is 0 Å². The predicted molar refractivity (Wildman–Crippen MR) is 104 cm³/mol. The third-order valence-electron chi connectivity index (χ3n) is 4.92. The topological polar surface area (TPSA) is 52.6 Å². The molecule has 1 saturated heterocycles. The zero-order valence-electron chi connectivity index (χ0n) is 15.5. The van der Waals surface area contributed by atoms with Gasteiger partial charge in [-0.3, -0.25) is 4.90 Å². The van der Waals surface area contributed by atoms with Gasteiger partial charge in [-0.15, -0.1) is 0 Å². The molecule has 2 aromatic carbocycles. The molecule has 0 aromatic heterocycles. The van der Waals surface area contributed by atoms with Gasteiger partial charge in [0, 0.05) is 38.8 Å². The molecule has 3 rings (SSSR count). The summed E-state index contributed by atoms with van der Waals surface area (Å²) in [7, 11) is -1.70. The van der Waals surface area contributed by atoms with Crippen LogP contribution in [-0.4, -0.2) is 58.0 Å². The monoisotopic (exact) mass is 391 g/mol. The van der Waals surface area contributed by atoms with Gasteiger partial charge in [0.15, 0.2) is 0 Å². The van der Waals surface area contributed by atoms with Gasteiger partial charge in [-0.25, -0.2) is 17.5 Å². The fourth-order valence-electron chi connectivity index (χ4n) is 3.45. The number of hydrogen-bond donors (Lipinski definition) is 1. The highest BCUT2D eigenvalue weighted by Crippen LogP contribution is 2.24. The first-order valence-corrected chi connectivity index (χ1v) is 10.7. The lowest BCUT2D eigenvalue weighted by Crippen LogP contribution is -2.47. The lowest BCUT2D eigenvalue weighted by Gasteiger charge is -2.40. The Morgan fingerprint density at radius 3 is 2.52 bits per heavy atom. The summed E-state index contributed by atoms with van der Waals surface area (Å²) in [5.74, 6) is -0.729. The summed E-state index contributed by atoms with van der Waals surface area (Å²) in [5, 5.41) is 0. The molecule has 146 valence electrons. The number of benzene rings is 2. The van der Waals surface area contributed by atoms with E-state index in [-0.39, 0.29) is 11.4 Å². The molecule has 1 fully saturated rings. The number of likely N-dealkylation sites (N-methyl/N-ethyl adjacent to an activating group) is 1. The zero-order chi connectivity index (χ0) is 19.3. The van der Waals surface area contributed by atoms with E-state index in [0.29, 0.717) is 12.5 Å². The molecule has 0 bridgehead atoms. The van der Waals surface area contributed by atoms with Crippen molar-refractivity contribution in [3.8, 4) is 0 Å². The summed E-state index contributed by atoms with van der Waals surface area (Å²) in [5.41, 5.74) is 1.27. The number of piperazine rings is 1. The van der Waals surface area contributed by atoms with Crippen molar-refractivity contribution < 1.29 is 12.8 Å². The van der Waals surface area contributed by atoms with Crippen LogP contribution < -0.4 is 4.72 Å². The van der Waals surface area contributed by atoms with Crippen molar-refractivity contribution in [1.82, 2.24) is 14.5 Å². The summed E-state index contributed by atoms with van der Waals surface area (Å²) in [6.45, 7) is 3.95. The Kier molecular flexibility index (Phi) is 6.59. The fraction of sp³-hybridized carbons (Fsp3) is 0.400. The maximum atomic E-state index is 13.7. The Morgan fingerprint density at radius 2 is 1.78 bits per heavy atom. The third-order valence-corrected chi connectivity index (χ3v) is 6.41. The van der Waals surface area contributed by atoms with Crippen molar-refractivity contribution in [3.63, 3.8) is 0 Å². The summed E-state index contributed by atoms with van der Waals surface area (Å²) in [6, 6.07) is 16.1. The van der Waals surface area contributed by atoms with Crippen LogP contribution in [0.25, 0.3) is 0 Å². The number of nitrogens with zero attached hydrogens (tertiary/aromatic N) is 2. The van der Waals surface area contributed by atoms with Crippen molar-refractivity contribution in [2.75, 3.05) is 39.8 Å². The highest BCUT2D eigenvalue weighted by Gasteiger charge is 2.26. The van der Waals surface area contributed by atoms with Crippen LogP contribution >= 0.6 is 0 Å². The van der Waals surface area contributed by atoms with E-state index in [1.54, 1.807) is 0 Å². The molecule has 27 heavy (non-hydrogen) atoms. The van der Waals surface area contributed by atoms with E-state index < -0.39 is 15.8 Å².